The van der Waals surface area contributed by atoms with Crippen molar-refractivity contribution in [3.8, 4) is 0 Å². The first-order chi connectivity index (χ1) is 12.3. The van der Waals surface area contributed by atoms with Crippen molar-refractivity contribution in [2.24, 2.45) is 0 Å². The molecule has 0 aromatic heterocycles. The van der Waals surface area contributed by atoms with Gasteiger partial charge in [0.15, 0.2) is 0 Å². The molecule has 0 aliphatic heterocycles. The molecule has 8 nitrogen and oxygen atoms in total. The van der Waals surface area contributed by atoms with Gasteiger partial charge in [-0.05, 0) is 37.6 Å². The average Bonchev–Trinajstić information content (AvgIpc) is 2.55. The summed E-state index contributed by atoms with van der Waals surface area (Å²) in [6, 6.07) is 6.73. The van der Waals surface area contributed by atoms with E-state index in [1.807, 2.05) is 11.8 Å². The first-order valence-corrected chi connectivity index (χ1v) is 8.65. The molecule has 0 radical (unpaired) electrons. The van der Waals surface area contributed by atoms with E-state index in [1.54, 1.807) is 38.4 Å². The number of nitrogens with zero attached hydrogens (tertiary/aromatic N) is 2. The van der Waals surface area contributed by atoms with Gasteiger partial charge in [0.2, 0.25) is 0 Å². The van der Waals surface area contributed by atoms with Crippen LogP contribution in [-0.2, 0) is 4.79 Å². The van der Waals surface area contributed by atoms with Gasteiger partial charge in [0, 0.05) is 37.4 Å². The van der Waals surface area contributed by atoms with Gasteiger partial charge in [-0.25, -0.2) is 4.79 Å². The van der Waals surface area contributed by atoms with Gasteiger partial charge in [-0.15, -0.1) is 0 Å². The van der Waals surface area contributed by atoms with Crippen LogP contribution in [0.4, 0.5) is 10.5 Å². The summed E-state index contributed by atoms with van der Waals surface area (Å²) in [7, 11) is 3.28. The molecule has 0 heterocycles. The van der Waals surface area contributed by atoms with Crippen LogP contribution in [0.5, 0.6) is 0 Å². The summed E-state index contributed by atoms with van der Waals surface area (Å²) in [5, 5.41) is 14.6. The Bertz CT molecular complexity index is 671. The smallest absolute Gasteiger partial charge is 0.321 e. The fourth-order valence-corrected chi connectivity index (χ4v) is 2.92. The van der Waals surface area contributed by atoms with E-state index < -0.39 is 5.97 Å². The van der Waals surface area contributed by atoms with Crippen molar-refractivity contribution in [1.29, 1.82) is 0 Å². The lowest BCUT2D eigenvalue weighted by atomic mass is 9.85. The molecule has 26 heavy (non-hydrogen) atoms. The maximum absolute atomic E-state index is 12.4. The number of aliphatic carboxylic acids is 1. The average molecular weight is 362 g/mol. The maximum Gasteiger partial charge on any atom is 0.321 e. The Balaban J connectivity index is 1.87. The van der Waals surface area contributed by atoms with Gasteiger partial charge < -0.3 is 20.6 Å². The van der Waals surface area contributed by atoms with Gasteiger partial charge in [-0.2, -0.15) is 0 Å². The van der Waals surface area contributed by atoms with Crippen LogP contribution >= 0.6 is 0 Å². The highest BCUT2D eigenvalue weighted by molar-refractivity contribution is 5.97. The molecule has 3 amide bonds. The van der Waals surface area contributed by atoms with Crippen molar-refractivity contribution in [2.45, 2.75) is 31.8 Å². The Morgan fingerprint density at radius 3 is 2.50 bits per heavy atom. The van der Waals surface area contributed by atoms with E-state index in [4.69, 9.17) is 5.11 Å². The number of carboxylic acid groups (broad SMARTS) is 1. The summed E-state index contributed by atoms with van der Waals surface area (Å²) < 4.78 is 0. The molecule has 8 heteroatoms. The molecule has 3 N–H and O–H groups in total. The second-order valence-electron chi connectivity index (χ2n) is 6.66. The Hall–Kier alpha value is -2.61. The summed E-state index contributed by atoms with van der Waals surface area (Å²) in [4.78, 5) is 38.3. The van der Waals surface area contributed by atoms with E-state index in [9.17, 15) is 14.4 Å². The number of carboxylic acids is 1. The molecule has 1 aliphatic carbocycles. The first kappa shape index (κ1) is 19.7. The van der Waals surface area contributed by atoms with E-state index in [0.29, 0.717) is 17.8 Å². The van der Waals surface area contributed by atoms with Crippen molar-refractivity contribution >= 4 is 23.6 Å². The molecule has 1 aromatic rings. The number of nitrogens with one attached hydrogen (secondary N) is 2. The van der Waals surface area contributed by atoms with Crippen LogP contribution < -0.4 is 10.6 Å². The van der Waals surface area contributed by atoms with Gasteiger partial charge >= 0.3 is 12.0 Å². The zero-order valence-electron chi connectivity index (χ0n) is 15.4. The Morgan fingerprint density at radius 2 is 1.92 bits per heavy atom. The Kier molecular flexibility index (Phi) is 6.57. The summed E-state index contributed by atoms with van der Waals surface area (Å²) in [6.07, 6.45) is 1.48. The summed E-state index contributed by atoms with van der Waals surface area (Å²) in [5.41, 5.74) is 1.03. The number of urea groups is 1. The monoisotopic (exact) mass is 362 g/mol. The van der Waals surface area contributed by atoms with Crippen LogP contribution in [-0.4, -0.2) is 72.1 Å². The number of rotatable bonds is 7. The maximum atomic E-state index is 12.4. The van der Waals surface area contributed by atoms with E-state index in [0.717, 1.165) is 12.8 Å². The van der Waals surface area contributed by atoms with E-state index in [1.165, 1.54) is 4.90 Å². The second kappa shape index (κ2) is 8.66. The molecule has 0 atom stereocenters. The number of benzene rings is 1. The second-order valence-corrected chi connectivity index (χ2v) is 6.66. The molecule has 1 fully saturated rings. The summed E-state index contributed by atoms with van der Waals surface area (Å²) in [6.45, 7) is 2.63. The third-order valence-electron chi connectivity index (χ3n) is 4.49. The minimum absolute atomic E-state index is 0.0233. The number of hydrogen-bond donors (Lipinski definition) is 3. The van der Waals surface area contributed by atoms with Crippen LogP contribution in [0.3, 0.4) is 0 Å². The lowest BCUT2D eigenvalue weighted by Gasteiger charge is -2.42. The minimum Gasteiger partial charge on any atom is -0.480 e. The number of carbonyl (C=O) groups is 3. The van der Waals surface area contributed by atoms with E-state index >= 15 is 0 Å². The third kappa shape index (κ3) is 5.19. The van der Waals surface area contributed by atoms with E-state index in [-0.39, 0.29) is 30.6 Å². The predicted octanol–water partition coefficient (Wildman–Crippen LogP) is 1.45. The fraction of sp³-hybridized carbons (Fsp3) is 0.500. The molecule has 0 bridgehead atoms. The fourth-order valence-electron chi connectivity index (χ4n) is 2.92. The van der Waals surface area contributed by atoms with E-state index in [2.05, 4.69) is 10.6 Å². The first-order valence-electron chi connectivity index (χ1n) is 8.65. The normalized spacial score (nSPS) is 18.8. The highest BCUT2D eigenvalue weighted by Gasteiger charge is 2.34. The predicted molar refractivity (Wildman–Crippen MR) is 98.3 cm³/mol. The van der Waals surface area contributed by atoms with Gasteiger partial charge in [0.05, 0.1) is 6.54 Å². The number of amides is 3. The zero-order chi connectivity index (χ0) is 19.3. The topological polar surface area (TPSA) is 102 Å². The van der Waals surface area contributed by atoms with Crippen LogP contribution in [0.1, 0.15) is 30.1 Å². The van der Waals surface area contributed by atoms with Crippen molar-refractivity contribution in [2.75, 3.05) is 32.5 Å². The van der Waals surface area contributed by atoms with Crippen molar-refractivity contribution < 1.29 is 19.5 Å². The largest absolute Gasteiger partial charge is 0.480 e. The van der Waals surface area contributed by atoms with Gasteiger partial charge in [-0.1, -0.05) is 13.0 Å². The molecule has 1 saturated carbocycles. The molecule has 0 spiro atoms. The number of anilines is 1. The summed E-state index contributed by atoms with van der Waals surface area (Å²) >= 11 is 0. The molecular weight excluding hydrogens is 336 g/mol. The van der Waals surface area contributed by atoms with Gasteiger partial charge in [0.25, 0.3) is 5.91 Å². The zero-order valence-corrected chi connectivity index (χ0v) is 15.4. The van der Waals surface area contributed by atoms with Gasteiger partial charge in [0.1, 0.15) is 0 Å². The van der Waals surface area contributed by atoms with Crippen molar-refractivity contribution in [3.63, 3.8) is 0 Å². The molecule has 0 unspecified atom stereocenters. The van der Waals surface area contributed by atoms with Crippen LogP contribution in [0.25, 0.3) is 0 Å². The molecule has 2 rings (SSSR count). The summed E-state index contributed by atoms with van der Waals surface area (Å²) in [5.74, 6) is -1.04. The number of carbonyl (C=O) groups excluding carboxylic acids is 2. The van der Waals surface area contributed by atoms with Crippen molar-refractivity contribution in [1.82, 2.24) is 15.1 Å². The number of hydrogen-bond acceptors (Lipinski definition) is 4. The van der Waals surface area contributed by atoms with Crippen molar-refractivity contribution in [3.05, 3.63) is 29.8 Å². The minimum atomic E-state index is -0.837. The lowest BCUT2D eigenvalue weighted by molar-refractivity contribution is -0.139. The van der Waals surface area contributed by atoms with Gasteiger partial charge in [-0.3, -0.25) is 14.5 Å². The standard InChI is InChI=1S/C18H26N4O4/c1-4-22(11-16(23)24)15-9-14(10-15)19-17(25)12-6-5-7-13(8-12)20-18(26)21(2)3/h5-8,14-15H,4,9-11H2,1-3H3,(H,19,25)(H,20,26)(H,23,24). The molecule has 0 saturated heterocycles. The lowest BCUT2D eigenvalue weighted by Crippen LogP contribution is -2.54. The molecule has 1 aliphatic rings. The Morgan fingerprint density at radius 1 is 1.23 bits per heavy atom. The third-order valence-corrected chi connectivity index (χ3v) is 4.49. The highest BCUT2D eigenvalue weighted by Crippen LogP contribution is 2.26. The molecule has 1 aromatic carbocycles. The quantitative estimate of drug-likeness (QED) is 0.681. The van der Waals surface area contributed by atoms with Crippen LogP contribution in [0.15, 0.2) is 24.3 Å². The SMILES string of the molecule is CCN(CC(=O)O)C1CC(NC(=O)c2cccc(NC(=O)N(C)C)c2)C1. The number of likely N-dealkylation sites (N-methyl/N-ethyl adjacent to an activating group) is 1. The Labute approximate surface area is 153 Å². The molecular formula is C18H26N4O4. The van der Waals surface area contributed by atoms with Crippen LogP contribution in [0.2, 0.25) is 0 Å². The van der Waals surface area contributed by atoms with Crippen LogP contribution in [0, 0.1) is 0 Å². The highest BCUT2D eigenvalue weighted by atomic mass is 16.4. The molecule has 142 valence electrons.